The quantitative estimate of drug-likeness (QED) is 0.766. The average Bonchev–Trinajstić information content (AvgIpc) is 2.53. The maximum Gasteiger partial charge on any atom is 0.0713 e. The first-order valence-electron chi connectivity index (χ1n) is 6.99. The van der Waals surface area contributed by atoms with E-state index in [0.717, 1.165) is 12.2 Å². The molecular formula is C18H18N2O. The number of hydrogen-bond donors (Lipinski definition) is 1. The van der Waals surface area contributed by atoms with E-state index < -0.39 is 0 Å². The molecule has 21 heavy (non-hydrogen) atoms. The fourth-order valence-corrected chi connectivity index (χ4v) is 2.38. The van der Waals surface area contributed by atoms with E-state index in [1.807, 2.05) is 24.5 Å². The van der Waals surface area contributed by atoms with E-state index in [1.54, 1.807) is 7.11 Å². The molecule has 1 aromatic heterocycles. The second-order valence-corrected chi connectivity index (χ2v) is 5.04. The lowest BCUT2D eigenvalue weighted by Gasteiger charge is -2.09. The molecule has 0 spiro atoms. The Bertz CT molecular complexity index is 740. The van der Waals surface area contributed by atoms with Crippen molar-refractivity contribution in [2.75, 3.05) is 12.4 Å². The highest BCUT2D eigenvalue weighted by molar-refractivity contribution is 5.82. The monoisotopic (exact) mass is 278 g/mol. The van der Waals surface area contributed by atoms with E-state index >= 15 is 0 Å². The van der Waals surface area contributed by atoms with E-state index in [0.29, 0.717) is 6.61 Å². The van der Waals surface area contributed by atoms with Crippen LogP contribution in [0.4, 0.5) is 5.69 Å². The lowest BCUT2D eigenvalue weighted by atomic mass is 10.1. The minimum atomic E-state index is 0.637. The van der Waals surface area contributed by atoms with Gasteiger partial charge < -0.3 is 10.1 Å². The second kappa shape index (κ2) is 6.37. The molecule has 1 heterocycles. The summed E-state index contributed by atoms with van der Waals surface area (Å²) in [5.74, 6) is 0. The molecule has 106 valence electrons. The van der Waals surface area contributed by atoms with Gasteiger partial charge in [-0.2, -0.15) is 0 Å². The fourth-order valence-electron chi connectivity index (χ4n) is 2.38. The van der Waals surface area contributed by atoms with Gasteiger partial charge in [0.25, 0.3) is 0 Å². The summed E-state index contributed by atoms with van der Waals surface area (Å²) in [6, 6.07) is 16.8. The van der Waals surface area contributed by atoms with Crippen molar-refractivity contribution in [1.29, 1.82) is 0 Å². The number of benzene rings is 2. The smallest absolute Gasteiger partial charge is 0.0713 e. The molecule has 0 amide bonds. The molecule has 0 aliphatic rings. The van der Waals surface area contributed by atoms with Gasteiger partial charge in [0.1, 0.15) is 0 Å². The van der Waals surface area contributed by atoms with Crippen LogP contribution in [0.2, 0.25) is 0 Å². The highest BCUT2D eigenvalue weighted by Crippen LogP contribution is 2.17. The molecule has 2 aromatic carbocycles. The van der Waals surface area contributed by atoms with Gasteiger partial charge >= 0.3 is 0 Å². The van der Waals surface area contributed by atoms with Crippen LogP contribution in [-0.4, -0.2) is 12.1 Å². The number of methoxy groups -OCH3 is 1. The molecule has 0 atom stereocenters. The Labute approximate surface area is 124 Å². The molecule has 1 N–H and O–H groups in total. The van der Waals surface area contributed by atoms with Crippen molar-refractivity contribution in [3.8, 4) is 0 Å². The largest absolute Gasteiger partial charge is 0.381 e. The molecule has 0 fully saturated rings. The van der Waals surface area contributed by atoms with E-state index in [1.165, 1.54) is 21.9 Å². The average molecular weight is 278 g/mol. The number of fused-ring (bicyclic) bond motifs is 1. The Morgan fingerprint density at radius 3 is 2.86 bits per heavy atom. The number of pyridine rings is 1. The Kier molecular flexibility index (Phi) is 4.12. The zero-order chi connectivity index (χ0) is 14.5. The lowest BCUT2D eigenvalue weighted by Crippen LogP contribution is -2.00. The zero-order valence-electron chi connectivity index (χ0n) is 12.0. The van der Waals surface area contributed by atoms with Crippen LogP contribution in [0.25, 0.3) is 10.8 Å². The normalized spacial score (nSPS) is 10.7. The first-order chi connectivity index (χ1) is 10.3. The standard InChI is InChI=1S/C18H18N2O/c1-21-13-15-3-2-4-18(10-15)20-11-14-5-6-17-12-19-8-7-16(17)9-14/h2-10,12,20H,11,13H2,1H3. The van der Waals surface area contributed by atoms with Crippen LogP contribution < -0.4 is 5.32 Å². The van der Waals surface area contributed by atoms with Gasteiger partial charge in [0.15, 0.2) is 0 Å². The lowest BCUT2D eigenvalue weighted by molar-refractivity contribution is 0.185. The number of aromatic nitrogens is 1. The molecule has 0 saturated heterocycles. The minimum absolute atomic E-state index is 0.637. The molecule has 3 aromatic rings. The summed E-state index contributed by atoms with van der Waals surface area (Å²) in [6.45, 7) is 1.44. The summed E-state index contributed by atoms with van der Waals surface area (Å²) < 4.78 is 5.16. The summed E-state index contributed by atoms with van der Waals surface area (Å²) in [5.41, 5.74) is 3.54. The van der Waals surface area contributed by atoms with E-state index in [4.69, 9.17) is 4.74 Å². The summed E-state index contributed by atoms with van der Waals surface area (Å²) in [7, 11) is 1.71. The summed E-state index contributed by atoms with van der Waals surface area (Å²) in [5, 5.41) is 5.84. The number of nitrogens with one attached hydrogen (secondary N) is 1. The Hall–Kier alpha value is -2.39. The third kappa shape index (κ3) is 3.38. The Balaban J connectivity index is 1.72. The molecule has 0 aliphatic heterocycles. The number of nitrogens with zero attached hydrogens (tertiary/aromatic N) is 1. The minimum Gasteiger partial charge on any atom is -0.381 e. The van der Waals surface area contributed by atoms with Crippen molar-refractivity contribution in [3.05, 3.63) is 72.1 Å². The van der Waals surface area contributed by atoms with Crippen molar-refractivity contribution >= 4 is 16.5 Å². The van der Waals surface area contributed by atoms with Crippen molar-refractivity contribution < 1.29 is 4.74 Å². The summed E-state index contributed by atoms with van der Waals surface area (Å²) in [4.78, 5) is 4.14. The summed E-state index contributed by atoms with van der Waals surface area (Å²) >= 11 is 0. The van der Waals surface area contributed by atoms with Crippen LogP contribution in [0.5, 0.6) is 0 Å². The SMILES string of the molecule is COCc1cccc(NCc2ccc3cnccc3c2)c1. The van der Waals surface area contributed by atoms with E-state index in [-0.39, 0.29) is 0 Å². The third-order valence-electron chi connectivity index (χ3n) is 3.44. The van der Waals surface area contributed by atoms with Gasteiger partial charge in [-0.25, -0.2) is 0 Å². The maximum atomic E-state index is 5.16. The van der Waals surface area contributed by atoms with E-state index in [2.05, 4.69) is 46.7 Å². The van der Waals surface area contributed by atoms with Gasteiger partial charge in [-0.3, -0.25) is 4.98 Å². The van der Waals surface area contributed by atoms with Crippen LogP contribution in [0, 0.1) is 0 Å². The van der Waals surface area contributed by atoms with Crippen LogP contribution >= 0.6 is 0 Å². The van der Waals surface area contributed by atoms with Crippen LogP contribution in [0.3, 0.4) is 0 Å². The van der Waals surface area contributed by atoms with Gasteiger partial charge in [-0.05, 0) is 40.8 Å². The molecule has 3 nitrogen and oxygen atoms in total. The van der Waals surface area contributed by atoms with Crippen molar-refractivity contribution in [1.82, 2.24) is 4.98 Å². The van der Waals surface area contributed by atoms with Crippen LogP contribution in [0.15, 0.2) is 60.9 Å². The highest BCUT2D eigenvalue weighted by Gasteiger charge is 1.99. The topological polar surface area (TPSA) is 34.1 Å². The Morgan fingerprint density at radius 1 is 1.00 bits per heavy atom. The second-order valence-electron chi connectivity index (χ2n) is 5.04. The molecule has 0 unspecified atom stereocenters. The number of anilines is 1. The highest BCUT2D eigenvalue weighted by atomic mass is 16.5. The third-order valence-corrected chi connectivity index (χ3v) is 3.44. The molecule has 3 rings (SSSR count). The molecule has 0 bridgehead atoms. The molecule has 0 aliphatic carbocycles. The van der Waals surface area contributed by atoms with E-state index in [9.17, 15) is 0 Å². The van der Waals surface area contributed by atoms with Crippen molar-refractivity contribution in [3.63, 3.8) is 0 Å². The Morgan fingerprint density at radius 2 is 1.95 bits per heavy atom. The van der Waals surface area contributed by atoms with Gasteiger partial charge in [0, 0.05) is 37.1 Å². The molecule has 3 heteroatoms. The number of hydrogen-bond acceptors (Lipinski definition) is 3. The van der Waals surface area contributed by atoms with Gasteiger partial charge in [0.05, 0.1) is 6.61 Å². The zero-order valence-corrected chi connectivity index (χ0v) is 12.0. The first-order valence-corrected chi connectivity index (χ1v) is 6.99. The molecule has 0 saturated carbocycles. The first kappa shape index (κ1) is 13.6. The molecule has 0 radical (unpaired) electrons. The summed E-state index contributed by atoms with van der Waals surface area (Å²) in [6.07, 6.45) is 3.72. The predicted molar refractivity (Wildman–Crippen MR) is 86.2 cm³/mol. The van der Waals surface area contributed by atoms with Crippen molar-refractivity contribution in [2.24, 2.45) is 0 Å². The number of ether oxygens (including phenoxy) is 1. The van der Waals surface area contributed by atoms with Gasteiger partial charge in [-0.1, -0.05) is 24.3 Å². The van der Waals surface area contributed by atoms with Crippen molar-refractivity contribution in [2.45, 2.75) is 13.2 Å². The number of rotatable bonds is 5. The van der Waals surface area contributed by atoms with Gasteiger partial charge in [0.2, 0.25) is 0 Å². The maximum absolute atomic E-state index is 5.16. The van der Waals surface area contributed by atoms with Crippen LogP contribution in [0.1, 0.15) is 11.1 Å². The predicted octanol–water partition coefficient (Wildman–Crippen LogP) is 3.99. The fraction of sp³-hybridized carbons (Fsp3) is 0.167. The van der Waals surface area contributed by atoms with Crippen LogP contribution in [-0.2, 0) is 17.9 Å². The van der Waals surface area contributed by atoms with Gasteiger partial charge in [-0.15, -0.1) is 0 Å². The molecular weight excluding hydrogens is 260 g/mol.